The molecule has 0 fully saturated rings. The first-order chi connectivity index (χ1) is 5.91. The Morgan fingerprint density at radius 1 is 1.00 bits per heavy atom. The van der Waals surface area contributed by atoms with E-state index in [4.69, 9.17) is 5.53 Å². The van der Waals surface area contributed by atoms with E-state index in [-0.39, 0.29) is 0 Å². The topological polar surface area (TPSA) is 48.8 Å². The van der Waals surface area contributed by atoms with Crippen LogP contribution < -0.4 is 0 Å². The molecule has 0 N–H and O–H groups in total. The predicted molar refractivity (Wildman–Crippen MR) is 51.7 cm³/mol. The number of hydrogen-bond acceptors (Lipinski definition) is 1. The molecule has 12 heavy (non-hydrogen) atoms. The molecule has 0 amide bonds. The van der Waals surface area contributed by atoms with Crippen molar-refractivity contribution in [2.75, 3.05) is 6.54 Å². The van der Waals surface area contributed by atoms with E-state index in [9.17, 15) is 0 Å². The quantitative estimate of drug-likeness (QED) is 0.229. The van der Waals surface area contributed by atoms with E-state index in [1.165, 1.54) is 32.1 Å². The number of unbranched alkanes of at least 4 members (excludes halogenated alkanes) is 6. The van der Waals surface area contributed by atoms with Gasteiger partial charge in [0.15, 0.2) is 0 Å². The van der Waals surface area contributed by atoms with E-state index in [1.54, 1.807) is 0 Å². The van der Waals surface area contributed by atoms with Crippen LogP contribution in [-0.4, -0.2) is 6.54 Å². The molecule has 1 radical (unpaired) electrons. The van der Waals surface area contributed by atoms with Crippen LogP contribution >= 0.6 is 0 Å². The van der Waals surface area contributed by atoms with Crippen LogP contribution in [-0.2, 0) is 0 Å². The molecule has 0 atom stereocenters. The summed E-state index contributed by atoms with van der Waals surface area (Å²) >= 11 is 0. The summed E-state index contributed by atoms with van der Waals surface area (Å²) in [5, 5.41) is 3.48. The molecule has 0 aromatic heterocycles. The van der Waals surface area contributed by atoms with Gasteiger partial charge in [0.1, 0.15) is 0 Å². The highest BCUT2D eigenvalue weighted by molar-refractivity contribution is 4.50. The Balaban J connectivity index is 2.86. The van der Waals surface area contributed by atoms with Gasteiger partial charge in [0.2, 0.25) is 0 Å². The van der Waals surface area contributed by atoms with Gasteiger partial charge in [-0.05, 0) is 12.0 Å². The minimum atomic E-state index is 0.659. The average Bonchev–Trinajstić information content (AvgIpc) is 2.10. The lowest BCUT2D eigenvalue weighted by Crippen LogP contribution is -1.81. The smallest absolute Gasteiger partial charge is 0.0257 e. The van der Waals surface area contributed by atoms with Crippen LogP contribution in [0.3, 0.4) is 0 Å². The fraction of sp³-hybridized carbons (Fsp3) is 0.889. The van der Waals surface area contributed by atoms with E-state index >= 15 is 0 Å². The standard InChI is InChI=1S/C9H18N3/c1-2-3-4-5-6-7-8-9-11-12-10/h1-9H2. The van der Waals surface area contributed by atoms with Gasteiger partial charge in [-0.1, -0.05) is 50.6 Å². The largest absolute Gasteiger partial charge is 0.0940 e. The van der Waals surface area contributed by atoms with Crippen LogP contribution in [0.1, 0.15) is 44.9 Å². The Morgan fingerprint density at radius 2 is 1.58 bits per heavy atom. The maximum Gasteiger partial charge on any atom is 0.0257 e. The molecule has 0 aromatic carbocycles. The molecule has 0 saturated heterocycles. The third-order valence-electron chi connectivity index (χ3n) is 1.82. The van der Waals surface area contributed by atoms with Crippen LogP contribution in [0, 0.1) is 6.92 Å². The first kappa shape index (κ1) is 11.3. The van der Waals surface area contributed by atoms with E-state index in [1.807, 2.05) is 0 Å². The Kier molecular flexibility index (Phi) is 9.72. The molecule has 69 valence electrons. The Hall–Kier alpha value is -0.690. The lowest BCUT2D eigenvalue weighted by Gasteiger charge is -1.97. The first-order valence-corrected chi connectivity index (χ1v) is 4.72. The van der Waals surface area contributed by atoms with Crippen molar-refractivity contribution >= 4 is 0 Å². The molecular weight excluding hydrogens is 150 g/mol. The molecule has 0 heterocycles. The molecule has 3 nitrogen and oxygen atoms in total. The summed E-state index contributed by atoms with van der Waals surface area (Å²) in [7, 11) is 0. The van der Waals surface area contributed by atoms with Gasteiger partial charge in [-0.25, -0.2) is 0 Å². The Bertz CT molecular complexity index is 128. The molecule has 0 bridgehead atoms. The normalized spacial score (nSPS) is 9.42. The van der Waals surface area contributed by atoms with Crippen molar-refractivity contribution in [3.63, 3.8) is 0 Å². The Labute approximate surface area is 74.8 Å². The van der Waals surface area contributed by atoms with E-state index in [2.05, 4.69) is 16.9 Å². The highest BCUT2D eigenvalue weighted by atomic mass is 15.1. The molecule has 0 spiro atoms. The van der Waals surface area contributed by atoms with Gasteiger partial charge >= 0.3 is 0 Å². The van der Waals surface area contributed by atoms with Gasteiger partial charge in [0, 0.05) is 11.5 Å². The molecule has 0 aliphatic carbocycles. The predicted octanol–water partition coefficient (Wildman–Crippen LogP) is 3.86. The van der Waals surface area contributed by atoms with E-state index in [0.29, 0.717) is 6.54 Å². The molecule has 0 aliphatic rings. The highest BCUT2D eigenvalue weighted by Crippen LogP contribution is 2.06. The van der Waals surface area contributed by atoms with Gasteiger partial charge < -0.3 is 0 Å². The first-order valence-electron chi connectivity index (χ1n) is 4.72. The maximum absolute atomic E-state index is 7.99. The number of hydrogen-bond donors (Lipinski definition) is 0. The minimum absolute atomic E-state index is 0.659. The fourth-order valence-corrected chi connectivity index (χ4v) is 1.11. The van der Waals surface area contributed by atoms with Crippen molar-refractivity contribution in [1.29, 1.82) is 0 Å². The summed E-state index contributed by atoms with van der Waals surface area (Å²) in [6.45, 7) is 4.45. The lowest BCUT2D eigenvalue weighted by molar-refractivity contribution is 0.600. The van der Waals surface area contributed by atoms with Crippen LogP contribution in [0.25, 0.3) is 10.4 Å². The van der Waals surface area contributed by atoms with E-state index < -0.39 is 0 Å². The average molecular weight is 168 g/mol. The monoisotopic (exact) mass is 168 g/mol. The zero-order valence-electron chi connectivity index (χ0n) is 7.71. The zero-order chi connectivity index (χ0) is 9.07. The van der Waals surface area contributed by atoms with Crippen molar-refractivity contribution in [2.24, 2.45) is 5.11 Å². The van der Waals surface area contributed by atoms with Crippen molar-refractivity contribution in [1.82, 2.24) is 0 Å². The lowest BCUT2D eigenvalue weighted by atomic mass is 10.1. The van der Waals surface area contributed by atoms with Gasteiger partial charge in [-0.2, -0.15) is 0 Å². The summed E-state index contributed by atoms with van der Waals surface area (Å²) in [6.07, 6.45) is 8.39. The van der Waals surface area contributed by atoms with Gasteiger partial charge in [0.25, 0.3) is 0 Å². The second kappa shape index (κ2) is 10.3. The number of azide groups is 1. The van der Waals surface area contributed by atoms with Crippen molar-refractivity contribution in [3.8, 4) is 0 Å². The van der Waals surface area contributed by atoms with Crippen molar-refractivity contribution < 1.29 is 0 Å². The second-order valence-electron chi connectivity index (χ2n) is 2.93. The van der Waals surface area contributed by atoms with Crippen LogP contribution in [0.2, 0.25) is 0 Å². The van der Waals surface area contributed by atoms with Crippen molar-refractivity contribution in [2.45, 2.75) is 44.9 Å². The molecule has 0 saturated carbocycles. The molecule has 0 unspecified atom stereocenters. The summed E-state index contributed by atoms with van der Waals surface area (Å²) < 4.78 is 0. The summed E-state index contributed by atoms with van der Waals surface area (Å²) in [5.74, 6) is 0. The fourth-order valence-electron chi connectivity index (χ4n) is 1.11. The zero-order valence-corrected chi connectivity index (χ0v) is 7.71. The molecular formula is C9H18N3. The SMILES string of the molecule is [CH2]CCCCCCCCN=[N+]=[N-]. The van der Waals surface area contributed by atoms with Crippen LogP contribution in [0.4, 0.5) is 0 Å². The minimum Gasteiger partial charge on any atom is -0.0940 e. The third-order valence-corrected chi connectivity index (χ3v) is 1.82. The number of nitrogens with zero attached hydrogens (tertiary/aromatic N) is 3. The number of rotatable bonds is 8. The van der Waals surface area contributed by atoms with Gasteiger partial charge in [-0.3, -0.25) is 0 Å². The summed E-state index contributed by atoms with van der Waals surface area (Å²) in [5.41, 5.74) is 7.99. The van der Waals surface area contributed by atoms with Gasteiger partial charge in [-0.15, -0.1) is 0 Å². The highest BCUT2D eigenvalue weighted by Gasteiger charge is 1.88. The molecule has 0 aliphatic heterocycles. The molecule has 0 aromatic rings. The summed E-state index contributed by atoms with van der Waals surface area (Å²) in [6, 6.07) is 0. The van der Waals surface area contributed by atoms with E-state index in [0.717, 1.165) is 12.8 Å². The second-order valence-corrected chi connectivity index (χ2v) is 2.93. The maximum atomic E-state index is 7.99. The van der Waals surface area contributed by atoms with Crippen LogP contribution in [0.15, 0.2) is 5.11 Å². The Morgan fingerprint density at radius 3 is 2.17 bits per heavy atom. The van der Waals surface area contributed by atoms with Crippen molar-refractivity contribution in [3.05, 3.63) is 17.4 Å². The molecule has 0 rings (SSSR count). The molecule has 3 heteroatoms. The third kappa shape index (κ3) is 9.31. The summed E-state index contributed by atoms with van der Waals surface area (Å²) in [4.78, 5) is 2.70. The van der Waals surface area contributed by atoms with Gasteiger partial charge in [0.05, 0.1) is 0 Å². The van der Waals surface area contributed by atoms with Crippen LogP contribution in [0.5, 0.6) is 0 Å².